The normalized spacial score (nSPS) is 12.8. The minimum Gasteiger partial charge on any atom is -0.480 e. The fraction of sp³-hybridized carbons (Fsp3) is 0.588. The van der Waals surface area contributed by atoms with Gasteiger partial charge in [0.1, 0.15) is 18.1 Å². The molecule has 14 N–H and O–H groups in total. The smallest absolute Gasteiger partial charge is 0.320 e. The van der Waals surface area contributed by atoms with Crippen molar-refractivity contribution in [1.29, 1.82) is 0 Å². The lowest BCUT2D eigenvalue weighted by molar-refractivity contribution is -0.139. The third kappa shape index (κ3) is 18.7. The van der Waals surface area contributed by atoms with E-state index in [-0.39, 0.29) is 19.3 Å². The van der Waals surface area contributed by atoms with Crippen LogP contribution in [-0.2, 0) is 25.6 Å². The molecule has 0 bridgehead atoms. The summed E-state index contributed by atoms with van der Waals surface area (Å²) in [7, 11) is 0. The Morgan fingerprint density at radius 2 is 1.42 bits per heavy atom. The van der Waals surface area contributed by atoms with Gasteiger partial charge in [0.05, 0.1) is 6.33 Å². The van der Waals surface area contributed by atoms with E-state index < -0.39 is 41.9 Å². The van der Waals surface area contributed by atoms with E-state index in [2.05, 4.69) is 9.97 Å². The van der Waals surface area contributed by atoms with Crippen LogP contribution in [0, 0.1) is 0 Å². The SMILES string of the molecule is NC(=O)CC[C@H](N)C(=O)O.NCCCC[C@H](N)C(=O)O.N[C@@H](Cc1cnc[nH]1)C(=O)O. The fourth-order valence-corrected chi connectivity index (χ4v) is 1.77. The number of primary amides is 1. The van der Waals surface area contributed by atoms with Gasteiger partial charge < -0.3 is 49.0 Å². The van der Waals surface area contributed by atoms with Crippen LogP contribution in [0.3, 0.4) is 0 Å². The van der Waals surface area contributed by atoms with E-state index in [4.69, 9.17) is 44.0 Å². The number of carbonyl (C=O) groups excluding carboxylic acids is 1. The Morgan fingerprint density at radius 1 is 0.903 bits per heavy atom. The van der Waals surface area contributed by atoms with Crippen LogP contribution >= 0.6 is 0 Å². The molecule has 1 rings (SSSR count). The lowest BCUT2D eigenvalue weighted by Gasteiger charge is -2.03. The van der Waals surface area contributed by atoms with Gasteiger partial charge in [-0.1, -0.05) is 6.42 Å². The van der Waals surface area contributed by atoms with Gasteiger partial charge in [-0.05, 0) is 25.8 Å². The molecule has 0 aromatic carbocycles. The summed E-state index contributed by atoms with van der Waals surface area (Å²) in [6.45, 7) is 0.604. The number of nitrogens with one attached hydrogen (secondary N) is 1. The van der Waals surface area contributed by atoms with Crippen molar-refractivity contribution in [3.8, 4) is 0 Å². The molecule has 0 radical (unpaired) electrons. The number of nitrogens with zero attached hydrogens (tertiary/aromatic N) is 1. The highest BCUT2D eigenvalue weighted by atomic mass is 16.4. The van der Waals surface area contributed by atoms with E-state index in [1.165, 1.54) is 6.33 Å². The molecule has 178 valence electrons. The summed E-state index contributed by atoms with van der Waals surface area (Å²) in [5, 5.41) is 25.0. The van der Waals surface area contributed by atoms with Crippen LogP contribution < -0.4 is 28.7 Å². The summed E-state index contributed by atoms with van der Waals surface area (Å²) >= 11 is 0. The van der Waals surface area contributed by atoms with E-state index >= 15 is 0 Å². The van der Waals surface area contributed by atoms with Crippen molar-refractivity contribution in [1.82, 2.24) is 9.97 Å². The van der Waals surface area contributed by atoms with Gasteiger partial charge in [-0.2, -0.15) is 0 Å². The maximum Gasteiger partial charge on any atom is 0.320 e. The summed E-state index contributed by atoms with van der Waals surface area (Å²) in [4.78, 5) is 47.0. The summed E-state index contributed by atoms with van der Waals surface area (Å²) in [6.07, 6.45) is 5.62. The second-order valence-corrected chi connectivity index (χ2v) is 6.40. The molecule has 1 amide bonds. The molecule has 31 heavy (non-hydrogen) atoms. The van der Waals surface area contributed by atoms with Gasteiger partial charge >= 0.3 is 17.9 Å². The number of unbranched alkanes of at least 4 members (excludes halogenated alkanes) is 1. The maximum atomic E-state index is 10.3. The second-order valence-electron chi connectivity index (χ2n) is 6.40. The van der Waals surface area contributed by atoms with Gasteiger partial charge in [-0.25, -0.2) is 4.98 Å². The number of aromatic nitrogens is 2. The molecular formula is C17H33N7O7. The predicted octanol–water partition coefficient (Wildman–Crippen LogP) is -2.44. The first kappa shape index (κ1) is 30.1. The van der Waals surface area contributed by atoms with Crippen LogP contribution in [0.15, 0.2) is 12.5 Å². The van der Waals surface area contributed by atoms with E-state index in [1.54, 1.807) is 6.20 Å². The van der Waals surface area contributed by atoms with Crippen molar-refractivity contribution in [2.24, 2.45) is 28.7 Å². The van der Waals surface area contributed by atoms with Crippen LogP contribution in [0.5, 0.6) is 0 Å². The highest BCUT2D eigenvalue weighted by Gasteiger charge is 2.12. The van der Waals surface area contributed by atoms with Gasteiger partial charge in [0.15, 0.2) is 0 Å². The Labute approximate surface area is 179 Å². The molecule has 1 aromatic rings. The molecule has 0 fully saturated rings. The number of carbonyl (C=O) groups is 4. The van der Waals surface area contributed by atoms with Crippen LogP contribution in [-0.4, -0.2) is 73.8 Å². The Hall–Kier alpha value is -3.07. The number of amides is 1. The van der Waals surface area contributed by atoms with Crippen LogP contribution in [0.25, 0.3) is 0 Å². The zero-order valence-corrected chi connectivity index (χ0v) is 17.1. The minimum absolute atomic E-state index is 0.0213. The number of aromatic amines is 1. The summed E-state index contributed by atoms with van der Waals surface area (Å²) < 4.78 is 0. The Kier molecular flexibility index (Phi) is 17.3. The maximum absolute atomic E-state index is 10.3. The second kappa shape index (κ2) is 17.8. The molecule has 0 saturated heterocycles. The largest absolute Gasteiger partial charge is 0.480 e. The van der Waals surface area contributed by atoms with Crippen LogP contribution in [0.1, 0.15) is 37.8 Å². The van der Waals surface area contributed by atoms with Crippen molar-refractivity contribution in [2.75, 3.05) is 6.54 Å². The van der Waals surface area contributed by atoms with Crippen LogP contribution in [0.2, 0.25) is 0 Å². The average Bonchev–Trinajstić information content (AvgIpc) is 3.19. The van der Waals surface area contributed by atoms with E-state index in [0.29, 0.717) is 13.0 Å². The van der Waals surface area contributed by atoms with Gasteiger partial charge in [0, 0.05) is 24.7 Å². The van der Waals surface area contributed by atoms with E-state index in [9.17, 15) is 19.2 Å². The summed E-state index contributed by atoms with van der Waals surface area (Å²) in [5.74, 6) is -3.57. The lowest BCUT2D eigenvalue weighted by atomic mass is 10.1. The summed E-state index contributed by atoms with van der Waals surface area (Å²) in [6, 6.07) is -2.55. The highest BCUT2D eigenvalue weighted by Crippen LogP contribution is 1.97. The number of nitrogens with two attached hydrogens (primary N) is 5. The van der Waals surface area contributed by atoms with Crippen molar-refractivity contribution < 1.29 is 34.5 Å². The number of carboxylic acid groups (broad SMARTS) is 3. The number of imidazole rings is 1. The molecule has 0 aliphatic carbocycles. The number of rotatable bonds is 12. The molecule has 0 aliphatic heterocycles. The quantitative estimate of drug-likeness (QED) is 0.151. The summed E-state index contributed by atoms with van der Waals surface area (Å²) in [5.41, 5.74) is 26.2. The molecule has 0 saturated carbocycles. The first-order chi connectivity index (χ1) is 14.4. The third-order valence-corrected chi connectivity index (χ3v) is 3.62. The van der Waals surface area contributed by atoms with Crippen molar-refractivity contribution in [3.63, 3.8) is 0 Å². The van der Waals surface area contributed by atoms with Crippen molar-refractivity contribution in [3.05, 3.63) is 18.2 Å². The van der Waals surface area contributed by atoms with E-state index in [1.807, 2.05) is 0 Å². The van der Waals surface area contributed by atoms with Crippen molar-refractivity contribution >= 4 is 23.8 Å². The number of carboxylic acids is 3. The zero-order chi connectivity index (χ0) is 24.4. The molecule has 14 nitrogen and oxygen atoms in total. The predicted molar refractivity (Wildman–Crippen MR) is 110 cm³/mol. The number of hydrogen-bond acceptors (Lipinski definition) is 9. The lowest BCUT2D eigenvalue weighted by Crippen LogP contribution is -2.32. The highest BCUT2D eigenvalue weighted by molar-refractivity contribution is 5.77. The van der Waals surface area contributed by atoms with E-state index in [0.717, 1.165) is 18.5 Å². The average molecular weight is 447 g/mol. The molecule has 3 atom stereocenters. The number of hydrogen-bond donors (Lipinski definition) is 9. The topological polar surface area (TPSA) is 288 Å². The molecular weight excluding hydrogens is 414 g/mol. The zero-order valence-electron chi connectivity index (χ0n) is 17.1. The Morgan fingerprint density at radius 3 is 1.81 bits per heavy atom. The van der Waals surface area contributed by atoms with Gasteiger partial charge in [0.25, 0.3) is 0 Å². The molecule has 1 heterocycles. The molecule has 0 spiro atoms. The first-order valence-corrected chi connectivity index (χ1v) is 9.33. The number of H-pyrrole nitrogens is 1. The monoisotopic (exact) mass is 447 g/mol. The Balaban J connectivity index is 0. The molecule has 0 unspecified atom stereocenters. The fourth-order valence-electron chi connectivity index (χ4n) is 1.77. The molecule has 14 heteroatoms. The van der Waals surface area contributed by atoms with Crippen molar-refractivity contribution in [2.45, 2.75) is 56.7 Å². The van der Waals surface area contributed by atoms with Crippen LogP contribution in [0.4, 0.5) is 0 Å². The number of aliphatic carboxylic acids is 3. The van der Waals surface area contributed by atoms with Gasteiger partial charge in [-0.15, -0.1) is 0 Å². The molecule has 0 aliphatic rings. The first-order valence-electron chi connectivity index (χ1n) is 9.33. The third-order valence-electron chi connectivity index (χ3n) is 3.62. The Bertz CT molecular complexity index is 655. The standard InChI is InChI=1S/C6H9N3O2.C6H14N2O2.C5H10N2O3/c7-5(6(10)11)1-4-2-8-3-9-4;7-4-2-1-3-5(8)6(9)10;6-3(5(9)10)1-2-4(7)8/h2-3,5H,1,7H2,(H,8,9)(H,10,11);5H,1-4,7-8H2,(H,9,10);3H,1-2,6H2,(H2,7,8)(H,9,10)/t2*5-;3-/m000/s1. The molecule has 1 aromatic heterocycles. The minimum atomic E-state index is -1.11. The van der Waals surface area contributed by atoms with Gasteiger partial charge in [0.2, 0.25) is 5.91 Å². The van der Waals surface area contributed by atoms with Gasteiger partial charge in [-0.3, -0.25) is 19.2 Å².